The van der Waals surface area contributed by atoms with Crippen molar-refractivity contribution in [3.63, 3.8) is 0 Å². The first-order valence-corrected chi connectivity index (χ1v) is 12.3. The molecule has 0 saturated carbocycles. The van der Waals surface area contributed by atoms with E-state index in [9.17, 15) is 14.4 Å². The molecule has 0 bridgehead atoms. The van der Waals surface area contributed by atoms with Gasteiger partial charge >= 0.3 is 6.03 Å². The van der Waals surface area contributed by atoms with Crippen LogP contribution in [0.1, 0.15) is 30.5 Å². The number of hydrogen-bond donors (Lipinski definition) is 1. The highest BCUT2D eigenvalue weighted by Gasteiger charge is 2.56. The second-order valence-corrected chi connectivity index (χ2v) is 9.46. The highest BCUT2D eigenvalue weighted by Crippen LogP contribution is 2.35. The topological polar surface area (TPSA) is 113 Å². The molecule has 37 heavy (non-hydrogen) atoms. The molecule has 0 aliphatic carbocycles. The lowest BCUT2D eigenvalue weighted by molar-refractivity contribution is -0.157. The van der Waals surface area contributed by atoms with Gasteiger partial charge in [0.2, 0.25) is 5.91 Å². The SMILES string of the molecule is CCC(c1cccc(Cl)c1)N(C)C(=O)N1C(=O)[C@H](Cc2ccnc(N)c2)[C@H]1C(=O)N(C)c1ccncc1. The summed E-state index contributed by atoms with van der Waals surface area (Å²) < 4.78 is 0. The zero-order chi connectivity index (χ0) is 26.7. The van der Waals surface area contributed by atoms with E-state index in [4.69, 9.17) is 17.3 Å². The van der Waals surface area contributed by atoms with Crippen LogP contribution in [0.4, 0.5) is 16.3 Å². The Labute approximate surface area is 220 Å². The molecule has 1 aliphatic heterocycles. The van der Waals surface area contributed by atoms with Crippen molar-refractivity contribution in [2.24, 2.45) is 5.92 Å². The number of β-lactam (4-membered cyclic amide) rings is 1. The number of imide groups is 1. The Morgan fingerprint density at radius 3 is 2.49 bits per heavy atom. The second kappa shape index (κ2) is 11.0. The summed E-state index contributed by atoms with van der Waals surface area (Å²) in [5.74, 6) is -1.17. The van der Waals surface area contributed by atoms with Gasteiger partial charge < -0.3 is 15.5 Å². The lowest BCUT2D eigenvalue weighted by Crippen LogP contribution is -2.70. The fraction of sp³-hybridized carbons (Fsp3) is 0.296. The predicted octanol–water partition coefficient (Wildman–Crippen LogP) is 3.95. The zero-order valence-electron chi connectivity index (χ0n) is 20.9. The number of likely N-dealkylation sites (N-methyl/N-ethyl adjacent to an activating group) is 1. The van der Waals surface area contributed by atoms with Crippen LogP contribution < -0.4 is 10.6 Å². The summed E-state index contributed by atoms with van der Waals surface area (Å²) in [6.45, 7) is 1.95. The fourth-order valence-electron chi connectivity index (χ4n) is 4.76. The molecule has 1 unspecified atom stereocenters. The molecule has 3 aromatic rings. The van der Waals surface area contributed by atoms with Crippen LogP contribution in [-0.2, 0) is 16.0 Å². The molecule has 192 valence electrons. The van der Waals surface area contributed by atoms with E-state index in [-0.39, 0.29) is 18.4 Å². The number of nitrogens with two attached hydrogens (primary N) is 1. The summed E-state index contributed by atoms with van der Waals surface area (Å²) in [6.07, 6.45) is 5.57. The molecule has 9 nitrogen and oxygen atoms in total. The van der Waals surface area contributed by atoms with Crippen LogP contribution in [0.25, 0.3) is 0 Å². The minimum absolute atomic E-state index is 0.255. The average molecular weight is 521 g/mol. The molecule has 1 saturated heterocycles. The number of nitrogens with zero attached hydrogens (tertiary/aromatic N) is 5. The molecule has 10 heteroatoms. The van der Waals surface area contributed by atoms with Crippen LogP contribution in [0.15, 0.2) is 67.1 Å². The van der Waals surface area contributed by atoms with Crippen molar-refractivity contribution in [1.82, 2.24) is 19.8 Å². The van der Waals surface area contributed by atoms with Gasteiger partial charge in [-0.15, -0.1) is 0 Å². The van der Waals surface area contributed by atoms with Crippen LogP contribution in [0.3, 0.4) is 0 Å². The maximum Gasteiger partial charge on any atom is 0.327 e. The molecule has 2 aromatic heterocycles. The van der Waals surface area contributed by atoms with E-state index in [0.717, 1.165) is 16.0 Å². The Kier molecular flexibility index (Phi) is 7.73. The summed E-state index contributed by atoms with van der Waals surface area (Å²) in [6, 6.07) is 12.2. The number of aromatic nitrogens is 2. The van der Waals surface area contributed by atoms with Gasteiger partial charge in [-0.3, -0.25) is 19.5 Å². The number of amides is 4. The number of urea groups is 1. The van der Waals surface area contributed by atoms with Crippen molar-refractivity contribution in [3.05, 3.63) is 83.3 Å². The number of likely N-dealkylation sites (tertiary alicyclic amines) is 1. The first kappa shape index (κ1) is 26.1. The fourth-order valence-corrected chi connectivity index (χ4v) is 4.96. The van der Waals surface area contributed by atoms with Gasteiger partial charge in [0.25, 0.3) is 5.91 Å². The van der Waals surface area contributed by atoms with Crippen molar-refractivity contribution in [3.8, 4) is 0 Å². The van der Waals surface area contributed by atoms with E-state index in [2.05, 4.69) is 9.97 Å². The second-order valence-electron chi connectivity index (χ2n) is 9.03. The molecule has 3 heterocycles. The number of anilines is 2. The largest absolute Gasteiger partial charge is 0.384 e. The summed E-state index contributed by atoms with van der Waals surface area (Å²) >= 11 is 6.18. The molecule has 1 fully saturated rings. The molecule has 3 atom stereocenters. The minimum Gasteiger partial charge on any atom is -0.384 e. The lowest BCUT2D eigenvalue weighted by Gasteiger charge is -2.47. The van der Waals surface area contributed by atoms with Crippen molar-refractivity contribution >= 4 is 41.0 Å². The molecule has 0 spiro atoms. The van der Waals surface area contributed by atoms with E-state index in [0.29, 0.717) is 22.9 Å². The number of nitrogen functional groups attached to an aromatic ring is 1. The first-order chi connectivity index (χ1) is 17.7. The van der Waals surface area contributed by atoms with Gasteiger partial charge in [-0.05, 0) is 60.4 Å². The zero-order valence-corrected chi connectivity index (χ0v) is 21.7. The van der Waals surface area contributed by atoms with Crippen molar-refractivity contribution in [1.29, 1.82) is 0 Å². The quantitative estimate of drug-likeness (QED) is 0.472. The Balaban J connectivity index is 1.64. The van der Waals surface area contributed by atoms with E-state index in [1.165, 1.54) is 9.80 Å². The summed E-state index contributed by atoms with van der Waals surface area (Å²) in [5, 5.41) is 0.556. The van der Waals surface area contributed by atoms with Crippen LogP contribution in [-0.4, -0.2) is 57.8 Å². The number of hydrogen-bond acceptors (Lipinski definition) is 6. The summed E-state index contributed by atoms with van der Waals surface area (Å²) in [7, 11) is 3.25. The van der Waals surface area contributed by atoms with E-state index in [1.807, 2.05) is 19.1 Å². The standard InChI is InChI=1S/C27H29ClN6O3/c1-4-22(18-6-5-7-19(28)16-18)33(3)27(37)34-24(26(36)32(2)20-9-11-30-12-10-20)21(25(34)35)14-17-8-13-31-23(29)15-17/h5-13,15-16,21-22,24H,4,14H2,1-3H3,(H2,29,31)/t21-,22?,24+/m1/s1. The van der Waals surface area contributed by atoms with Gasteiger partial charge in [0.15, 0.2) is 0 Å². The number of rotatable bonds is 7. The Bertz CT molecular complexity index is 1300. The van der Waals surface area contributed by atoms with Crippen LogP contribution in [0, 0.1) is 5.92 Å². The van der Waals surface area contributed by atoms with Gasteiger partial charge in [0, 0.05) is 43.4 Å². The third kappa shape index (κ3) is 5.27. The molecule has 1 aliphatic rings. The van der Waals surface area contributed by atoms with Crippen LogP contribution in [0.2, 0.25) is 5.02 Å². The van der Waals surface area contributed by atoms with E-state index < -0.39 is 23.9 Å². The Hall–Kier alpha value is -3.98. The predicted molar refractivity (Wildman–Crippen MR) is 142 cm³/mol. The monoisotopic (exact) mass is 520 g/mol. The number of pyridine rings is 2. The maximum atomic E-state index is 13.7. The molecule has 4 amide bonds. The third-order valence-corrected chi connectivity index (χ3v) is 6.98. The smallest absolute Gasteiger partial charge is 0.327 e. The van der Waals surface area contributed by atoms with Gasteiger partial charge in [0.05, 0.1) is 12.0 Å². The highest BCUT2D eigenvalue weighted by molar-refractivity contribution is 6.30. The average Bonchev–Trinajstić information content (AvgIpc) is 2.90. The molecule has 4 rings (SSSR count). The minimum atomic E-state index is -0.980. The molecular formula is C27H29ClN6O3. The molecule has 1 aromatic carbocycles. The third-order valence-electron chi connectivity index (χ3n) is 6.74. The number of benzene rings is 1. The van der Waals surface area contributed by atoms with Crippen molar-refractivity contribution in [2.75, 3.05) is 24.7 Å². The van der Waals surface area contributed by atoms with E-state index in [1.54, 1.807) is 69.1 Å². The van der Waals surface area contributed by atoms with Gasteiger partial charge in [-0.2, -0.15) is 0 Å². The van der Waals surface area contributed by atoms with Crippen molar-refractivity contribution < 1.29 is 14.4 Å². The molecular weight excluding hydrogens is 492 g/mol. The van der Waals surface area contributed by atoms with Crippen LogP contribution >= 0.6 is 11.6 Å². The maximum absolute atomic E-state index is 13.7. The van der Waals surface area contributed by atoms with Gasteiger partial charge in [0.1, 0.15) is 11.9 Å². The molecule has 0 radical (unpaired) electrons. The molecule has 2 N–H and O–H groups in total. The Morgan fingerprint density at radius 1 is 1.11 bits per heavy atom. The number of carbonyl (C=O) groups excluding carboxylic acids is 3. The summed E-state index contributed by atoms with van der Waals surface area (Å²) in [4.78, 5) is 52.8. The first-order valence-electron chi connectivity index (χ1n) is 12.0. The number of carbonyl (C=O) groups is 3. The Morgan fingerprint density at radius 2 is 1.84 bits per heavy atom. The van der Waals surface area contributed by atoms with E-state index >= 15 is 0 Å². The van der Waals surface area contributed by atoms with Crippen molar-refractivity contribution in [2.45, 2.75) is 31.8 Å². The van der Waals surface area contributed by atoms with Crippen LogP contribution in [0.5, 0.6) is 0 Å². The highest BCUT2D eigenvalue weighted by atomic mass is 35.5. The van der Waals surface area contributed by atoms with Gasteiger partial charge in [-0.25, -0.2) is 9.78 Å². The normalized spacial score (nSPS) is 17.6. The lowest BCUT2D eigenvalue weighted by atomic mass is 9.81. The number of halogens is 1. The summed E-state index contributed by atoms with van der Waals surface area (Å²) in [5.41, 5.74) is 8.04. The van der Waals surface area contributed by atoms with Gasteiger partial charge in [-0.1, -0.05) is 30.7 Å².